The normalized spacial score (nSPS) is 22.2. The number of aryl methyl sites for hydroxylation is 1. The lowest BCUT2D eigenvalue weighted by molar-refractivity contribution is -0.136. The van der Waals surface area contributed by atoms with Crippen LogP contribution in [0.25, 0.3) is 33.5 Å². The Hall–Kier alpha value is -4.38. The molecule has 7 rings (SSSR count). The fourth-order valence-electron chi connectivity index (χ4n) is 9.00. The lowest BCUT2D eigenvalue weighted by Crippen LogP contribution is -2.50. The zero-order chi connectivity index (χ0) is 32.8. The third-order valence-electron chi connectivity index (χ3n) is 11.4. The highest BCUT2D eigenvalue weighted by molar-refractivity contribution is 5.87. The van der Waals surface area contributed by atoms with Gasteiger partial charge < -0.3 is 15.0 Å². The van der Waals surface area contributed by atoms with Gasteiger partial charge in [0.1, 0.15) is 5.82 Å². The van der Waals surface area contributed by atoms with Crippen molar-refractivity contribution in [3.63, 3.8) is 0 Å². The number of imidazole rings is 1. The summed E-state index contributed by atoms with van der Waals surface area (Å²) in [5, 5.41) is 12.7. The Balaban J connectivity index is 1.33. The molecule has 2 aliphatic rings. The second kappa shape index (κ2) is 12.3. The number of carboxylic acids is 1. The smallest absolute Gasteiger partial charge is 0.305 e. The summed E-state index contributed by atoms with van der Waals surface area (Å²) in [7, 11) is 0. The number of nitrogens with zero attached hydrogens (tertiary/aromatic N) is 2. The molecule has 4 aromatic carbocycles. The zero-order valence-electron chi connectivity index (χ0n) is 28.2. The van der Waals surface area contributed by atoms with Crippen LogP contribution in [-0.2, 0) is 23.2 Å². The minimum absolute atomic E-state index is 0.0592. The van der Waals surface area contributed by atoms with Crippen molar-refractivity contribution < 1.29 is 9.90 Å². The summed E-state index contributed by atoms with van der Waals surface area (Å²) in [6.07, 6.45) is 6.03. The van der Waals surface area contributed by atoms with Crippen LogP contribution < -0.4 is 5.32 Å². The summed E-state index contributed by atoms with van der Waals surface area (Å²) in [6, 6.07) is 32.8. The Morgan fingerprint density at radius 1 is 0.957 bits per heavy atom. The molecule has 0 amide bonds. The Kier molecular flexibility index (Phi) is 8.20. The third-order valence-corrected chi connectivity index (χ3v) is 11.4. The van der Waals surface area contributed by atoms with Crippen LogP contribution in [0.15, 0.2) is 91.0 Å². The molecule has 0 spiro atoms. The van der Waals surface area contributed by atoms with E-state index >= 15 is 0 Å². The van der Waals surface area contributed by atoms with Crippen LogP contribution in [-0.4, -0.2) is 27.2 Å². The van der Waals surface area contributed by atoms with E-state index in [2.05, 4.69) is 116 Å². The summed E-state index contributed by atoms with van der Waals surface area (Å²) in [6.45, 7) is 10.9. The highest BCUT2D eigenvalue weighted by Crippen LogP contribution is 2.58. The molecule has 2 aliphatic carbocycles. The van der Waals surface area contributed by atoms with Crippen molar-refractivity contribution in [1.82, 2.24) is 9.55 Å². The standard InChI is InChI=1S/C42H47N3O2/c1-28(2)30-15-18-34-32(25-30)17-20-38-41(3,22-10-23-42(34,38)4)27-45-37-19-16-31(29-11-6-5-7-12-29)26-36(37)44-40(45)33-13-8-9-14-35(33)43-24-21-39(46)47/h5-9,11-16,18-19,25-26,28,38,43H,10,17,20-24,27H2,1-4H3,(H,46,47)/t38-,41+,42+/m0/s1. The monoisotopic (exact) mass is 625 g/mol. The van der Waals surface area contributed by atoms with Crippen LogP contribution in [0, 0.1) is 11.3 Å². The van der Waals surface area contributed by atoms with E-state index in [0.717, 1.165) is 46.6 Å². The molecule has 47 heavy (non-hydrogen) atoms. The lowest BCUT2D eigenvalue weighted by Gasteiger charge is -2.56. The van der Waals surface area contributed by atoms with Gasteiger partial charge in [0, 0.05) is 24.3 Å². The molecule has 2 N–H and O–H groups in total. The minimum Gasteiger partial charge on any atom is -0.481 e. The van der Waals surface area contributed by atoms with E-state index in [0.29, 0.717) is 18.4 Å². The van der Waals surface area contributed by atoms with Gasteiger partial charge in [-0.05, 0) is 100 Å². The predicted octanol–water partition coefficient (Wildman–Crippen LogP) is 10.1. The maximum atomic E-state index is 11.3. The first-order chi connectivity index (χ1) is 22.7. The van der Waals surface area contributed by atoms with Gasteiger partial charge in [0.05, 0.1) is 17.5 Å². The van der Waals surface area contributed by atoms with Crippen LogP contribution >= 0.6 is 0 Å². The molecule has 0 radical (unpaired) electrons. The van der Waals surface area contributed by atoms with E-state index in [1.807, 2.05) is 12.1 Å². The number of aliphatic carboxylic acids is 1. The quantitative estimate of drug-likeness (QED) is 0.171. The Bertz CT molecular complexity index is 1930. The molecule has 242 valence electrons. The van der Waals surface area contributed by atoms with Crippen molar-refractivity contribution >= 4 is 22.7 Å². The predicted molar refractivity (Wildman–Crippen MR) is 193 cm³/mol. The molecule has 0 bridgehead atoms. The van der Waals surface area contributed by atoms with E-state index in [9.17, 15) is 9.90 Å². The minimum atomic E-state index is -0.807. The molecule has 5 aromatic rings. The molecule has 1 saturated carbocycles. The molecule has 5 nitrogen and oxygen atoms in total. The number of para-hydroxylation sites is 1. The molecule has 5 heteroatoms. The van der Waals surface area contributed by atoms with Crippen molar-refractivity contribution in [2.45, 2.75) is 84.1 Å². The third kappa shape index (κ3) is 5.75. The number of carbonyl (C=O) groups is 1. The molecule has 1 aromatic heterocycles. The van der Waals surface area contributed by atoms with Gasteiger partial charge in [0.25, 0.3) is 0 Å². The molecule has 0 aliphatic heterocycles. The van der Waals surface area contributed by atoms with Gasteiger partial charge in [-0.2, -0.15) is 0 Å². The SMILES string of the molecule is CC(C)c1ccc2c(c1)CC[C@H]1[C@@](C)(Cn3c(-c4ccccc4NCCC(=O)O)nc4cc(-c5ccccc5)ccc43)CCC[C@]21C. The summed E-state index contributed by atoms with van der Waals surface area (Å²) >= 11 is 0. The second-order valence-corrected chi connectivity index (χ2v) is 14.8. The topological polar surface area (TPSA) is 67.2 Å². The number of aromatic nitrogens is 2. The van der Waals surface area contributed by atoms with Crippen molar-refractivity contribution in [3.8, 4) is 22.5 Å². The fourth-order valence-corrected chi connectivity index (χ4v) is 9.00. The van der Waals surface area contributed by atoms with Crippen molar-refractivity contribution in [1.29, 1.82) is 0 Å². The van der Waals surface area contributed by atoms with E-state index < -0.39 is 5.97 Å². The van der Waals surface area contributed by atoms with Crippen LogP contribution in [0.2, 0.25) is 0 Å². The summed E-state index contributed by atoms with van der Waals surface area (Å²) < 4.78 is 2.48. The average Bonchev–Trinajstić information content (AvgIpc) is 3.41. The first-order valence-corrected chi connectivity index (χ1v) is 17.4. The van der Waals surface area contributed by atoms with Gasteiger partial charge >= 0.3 is 5.97 Å². The Morgan fingerprint density at radius 3 is 2.53 bits per heavy atom. The fraction of sp³-hybridized carbons (Fsp3) is 0.381. The maximum Gasteiger partial charge on any atom is 0.305 e. The van der Waals surface area contributed by atoms with Gasteiger partial charge in [-0.15, -0.1) is 0 Å². The largest absolute Gasteiger partial charge is 0.481 e. The van der Waals surface area contributed by atoms with Crippen LogP contribution in [0.4, 0.5) is 5.69 Å². The highest BCUT2D eigenvalue weighted by Gasteiger charge is 2.52. The summed E-state index contributed by atoms with van der Waals surface area (Å²) in [5.41, 5.74) is 11.2. The van der Waals surface area contributed by atoms with Gasteiger partial charge in [0.15, 0.2) is 0 Å². The number of fused-ring (bicyclic) bond motifs is 4. The molecule has 1 fully saturated rings. The van der Waals surface area contributed by atoms with Crippen molar-refractivity contribution in [3.05, 3.63) is 108 Å². The van der Waals surface area contributed by atoms with Gasteiger partial charge in [-0.25, -0.2) is 4.98 Å². The molecule has 0 unspecified atom stereocenters. The van der Waals surface area contributed by atoms with E-state index in [4.69, 9.17) is 4.98 Å². The molecular weight excluding hydrogens is 578 g/mol. The number of hydrogen-bond donors (Lipinski definition) is 2. The number of benzene rings is 4. The molecular formula is C42H47N3O2. The van der Waals surface area contributed by atoms with Crippen LogP contribution in [0.3, 0.4) is 0 Å². The van der Waals surface area contributed by atoms with E-state index in [1.165, 1.54) is 36.8 Å². The zero-order valence-corrected chi connectivity index (χ0v) is 28.2. The molecule has 1 heterocycles. The number of hydrogen-bond acceptors (Lipinski definition) is 3. The van der Waals surface area contributed by atoms with E-state index in [-0.39, 0.29) is 17.3 Å². The van der Waals surface area contributed by atoms with E-state index in [1.54, 1.807) is 11.1 Å². The first kappa shape index (κ1) is 31.2. The molecule has 3 atom stereocenters. The van der Waals surface area contributed by atoms with Crippen molar-refractivity contribution in [2.75, 3.05) is 11.9 Å². The van der Waals surface area contributed by atoms with Gasteiger partial charge in [-0.3, -0.25) is 4.79 Å². The summed E-state index contributed by atoms with van der Waals surface area (Å²) in [4.78, 5) is 16.7. The summed E-state index contributed by atoms with van der Waals surface area (Å²) in [5.74, 6) is 1.23. The lowest BCUT2D eigenvalue weighted by atomic mass is 9.49. The number of carboxylic acid groups (broad SMARTS) is 1. The van der Waals surface area contributed by atoms with Crippen molar-refractivity contribution in [2.24, 2.45) is 11.3 Å². The second-order valence-electron chi connectivity index (χ2n) is 14.8. The first-order valence-electron chi connectivity index (χ1n) is 17.4. The Labute approximate surface area is 279 Å². The number of rotatable bonds is 9. The highest BCUT2D eigenvalue weighted by atomic mass is 16.4. The van der Waals surface area contributed by atoms with Crippen LogP contribution in [0.1, 0.15) is 82.4 Å². The number of nitrogens with one attached hydrogen (secondary N) is 1. The number of anilines is 1. The molecule has 0 saturated heterocycles. The average molecular weight is 626 g/mol. The van der Waals surface area contributed by atoms with Gasteiger partial charge in [-0.1, -0.05) is 101 Å². The Morgan fingerprint density at radius 2 is 1.74 bits per heavy atom. The van der Waals surface area contributed by atoms with Crippen LogP contribution in [0.5, 0.6) is 0 Å². The maximum absolute atomic E-state index is 11.3. The van der Waals surface area contributed by atoms with Gasteiger partial charge in [0.2, 0.25) is 0 Å².